The normalized spacial score (nSPS) is 10.9. The Morgan fingerprint density at radius 2 is 2.14 bits per heavy atom. The second kappa shape index (κ2) is 7.87. The fourth-order valence-corrected chi connectivity index (χ4v) is 2.46. The number of nitrogens with one attached hydrogen (secondary N) is 1. The zero-order valence-electron chi connectivity index (χ0n) is 12.2. The van der Waals surface area contributed by atoms with Crippen LogP contribution in [-0.4, -0.2) is 6.54 Å². The van der Waals surface area contributed by atoms with Gasteiger partial charge in [0.25, 0.3) is 0 Å². The lowest BCUT2D eigenvalue weighted by Gasteiger charge is -2.07. The number of hydrogen-bond acceptors (Lipinski definition) is 3. The van der Waals surface area contributed by atoms with Crippen LogP contribution in [0.5, 0.6) is 5.75 Å². The lowest BCUT2D eigenvalue weighted by atomic mass is 10.2. The van der Waals surface area contributed by atoms with Gasteiger partial charge in [-0.25, -0.2) is 0 Å². The quantitative estimate of drug-likeness (QED) is 0.688. The Balaban J connectivity index is 1.98. The average molecular weight is 373 g/mol. The Kier molecular flexibility index (Phi) is 6.15. The van der Waals surface area contributed by atoms with Gasteiger partial charge in [0.15, 0.2) is 0 Å². The molecule has 0 aliphatic heterocycles. The minimum Gasteiger partial charge on any atom is -0.487 e. The van der Waals surface area contributed by atoms with Crippen molar-refractivity contribution >= 4 is 27.5 Å². The van der Waals surface area contributed by atoms with E-state index in [9.17, 15) is 0 Å². The average Bonchev–Trinajstić information content (AvgIpc) is 2.80. The molecule has 1 N–H and O–H groups in total. The van der Waals surface area contributed by atoms with Crippen LogP contribution >= 0.6 is 27.5 Å². The SMILES string of the molecule is CCCNCc1cc(COc2cc(Br)ccc2Cl)c(C)o1. The van der Waals surface area contributed by atoms with Crippen LogP contribution in [0.25, 0.3) is 0 Å². The molecule has 0 saturated carbocycles. The van der Waals surface area contributed by atoms with Gasteiger partial charge in [0.05, 0.1) is 11.6 Å². The van der Waals surface area contributed by atoms with E-state index in [1.54, 1.807) is 0 Å². The Morgan fingerprint density at radius 3 is 2.90 bits per heavy atom. The van der Waals surface area contributed by atoms with Crippen molar-refractivity contribution in [1.29, 1.82) is 0 Å². The molecular weight excluding hydrogens is 354 g/mol. The second-order valence-electron chi connectivity index (χ2n) is 4.83. The van der Waals surface area contributed by atoms with Crippen LogP contribution in [0.15, 0.2) is 33.2 Å². The maximum atomic E-state index is 6.11. The Labute approximate surface area is 138 Å². The third kappa shape index (κ3) is 4.77. The maximum Gasteiger partial charge on any atom is 0.139 e. The van der Waals surface area contributed by atoms with Crippen molar-refractivity contribution in [2.45, 2.75) is 33.4 Å². The van der Waals surface area contributed by atoms with E-state index < -0.39 is 0 Å². The molecule has 0 saturated heterocycles. The molecule has 1 aromatic carbocycles. The minimum absolute atomic E-state index is 0.444. The van der Waals surface area contributed by atoms with E-state index >= 15 is 0 Å². The molecule has 0 amide bonds. The van der Waals surface area contributed by atoms with E-state index in [1.807, 2.05) is 31.2 Å². The van der Waals surface area contributed by atoms with Gasteiger partial charge in [-0.15, -0.1) is 0 Å². The highest BCUT2D eigenvalue weighted by atomic mass is 79.9. The molecule has 1 heterocycles. The van der Waals surface area contributed by atoms with E-state index in [2.05, 4.69) is 28.2 Å². The molecule has 0 aliphatic carbocycles. The van der Waals surface area contributed by atoms with Crippen LogP contribution in [0.1, 0.15) is 30.4 Å². The molecule has 3 nitrogen and oxygen atoms in total. The summed E-state index contributed by atoms with van der Waals surface area (Å²) in [7, 11) is 0. The van der Waals surface area contributed by atoms with Crippen molar-refractivity contribution in [3.63, 3.8) is 0 Å². The van der Waals surface area contributed by atoms with Crippen molar-refractivity contribution in [3.05, 3.63) is 50.8 Å². The Morgan fingerprint density at radius 1 is 1.33 bits per heavy atom. The lowest BCUT2D eigenvalue weighted by molar-refractivity contribution is 0.303. The highest BCUT2D eigenvalue weighted by Gasteiger charge is 2.09. The topological polar surface area (TPSA) is 34.4 Å². The molecule has 0 spiro atoms. The smallest absolute Gasteiger partial charge is 0.139 e. The van der Waals surface area contributed by atoms with Crippen LogP contribution in [0, 0.1) is 6.92 Å². The third-order valence-corrected chi connectivity index (χ3v) is 3.88. The van der Waals surface area contributed by atoms with Crippen LogP contribution in [0.2, 0.25) is 5.02 Å². The monoisotopic (exact) mass is 371 g/mol. The number of halogens is 2. The molecule has 0 bridgehead atoms. The van der Waals surface area contributed by atoms with Crippen molar-refractivity contribution < 1.29 is 9.15 Å². The van der Waals surface area contributed by atoms with Gasteiger partial charge < -0.3 is 14.5 Å². The predicted octanol–water partition coefficient (Wildman–Crippen LogP) is 5.08. The first-order chi connectivity index (χ1) is 10.1. The Bertz CT molecular complexity index is 598. The molecule has 0 unspecified atom stereocenters. The summed E-state index contributed by atoms with van der Waals surface area (Å²) in [6, 6.07) is 7.59. The first kappa shape index (κ1) is 16.4. The molecule has 0 radical (unpaired) electrons. The number of ether oxygens (including phenoxy) is 1. The molecule has 21 heavy (non-hydrogen) atoms. The number of benzene rings is 1. The van der Waals surface area contributed by atoms with Crippen LogP contribution < -0.4 is 10.1 Å². The fraction of sp³-hybridized carbons (Fsp3) is 0.375. The largest absolute Gasteiger partial charge is 0.487 e. The number of rotatable bonds is 7. The summed E-state index contributed by atoms with van der Waals surface area (Å²) in [5, 5.41) is 3.92. The first-order valence-corrected chi connectivity index (χ1v) is 8.14. The van der Waals surface area contributed by atoms with Crippen molar-refractivity contribution in [2.24, 2.45) is 0 Å². The predicted molar refractivity (Wildman–Crippen MR) is 88.9 cm³/mol. The van der Waals surface area contributed by atoms with Crippen molar-refractivity contribution in [2.75, 3.05) is 6.54 Å². The van der Waals surface area contributed by atoms with E-state index in [1.165, 1.54) is 0 Å². The van der Waals surface area contributed by atoms with Crippen LogP contribution in [0.3, 0.4) is 0 Å². The molecule has 5 heteroatoms. The maximum absolute atomic E-state index is 6.11. The summed E-state index contributed by atoms with van der Waals surface area (Å²) in [5.74, 6) is 2.48. The van der Waals surface area contributed by atoms with Crippen LogP contribution in [-0.2, 0) is 13.2 Å². The summed E-state index contributed by atoms with van der Waals surface area (Å²) >= 11 is 9.52. The summed E-state index contributed by atoms with van der Waals surface area (Å²) in [4.78, 5) is 0. The van der Waals surface area contributed by atoms with E-state index in [-0.39, 0.29) is 0 Å². The van der Waals surface area contributed by atoms with Crippen LogP contribution in [0.4, 0.5) is 0 Å². The van der Waals surface area contributed by atoms with Gasteiger partial charge in [0.2, 0.25) is 0 Å². The number of hydrogen-bond donors (Lipinski definition) is 1. The molecule has 0 atom stereocenters. The van der Waals surface area contributed by atoms with Crippen molar-refractivity contribution in [1.82, 2.24) is 5.32 Å². The molecular formula is C16H19BrClNO2. The highest BCUT2D eigenvalue weighted by Crippen LogP contribution is 2.29. The van der Waals surface area contributed by atoms with Gasteiger partial charge in [-0.3, -0.25) is 0 Å². The summed E-state index contributed by atoms with van der Waals surface area (Å²) < 4.78 is 12.4. The molecule has 1 aromatic heterocycles. The minimum atomic E-state index is 0.444. The van der Waals surface area contributed by atoms with Crippen molar-refractivity contribution in [3.8, 4) is 5.75 Å². The highest BCUT2D eigenvalue weighted by molar-refractivity contribution is 9.10. The standard InChI is InChI=1S/C16H19BrClNO2/c1-3-6-19-9-14-7-12(11(2)21-14)10-20-16-8-13(17)4-5-15(16)18/h4-5,7-8,19H,3,6,9-10H2,1-2H3. The number of aryl methyl sites for hydroxylation is 1. The zero-order chi connectivity index (χ0) is 15.2. The van der Waals surface area contributed by atoms with Gasteiger partial charge in [0, 0.05) is 10.0 Å². The van der Waals surface area contributed by atoms with Gasteiger partial charge >= 0.3 is 0 Å². The van der Waals surface area contributed by atoms with Gasteiger partial charge in [-0.1, -0.05) is 34.5 Å². The van der Waals surface area contributed by atoms with E-state index in [0.29, 0.717) is 17.4 Å². The fourth-order valence-electron chi connectivity index (χ4n) is 1.95. The zero-order valence-corrected chi connectivity index (χ0v) is 14.6. The molecule has 2 rings (SSSR count). The number of furan rings is 1. The first-order valence-electron chi connectivity index (χ1n) is 6.97. The molecule has 0 fully saturated rings. The second-order valence-corrected chi connectivity index (χ2v) is 6.16. The Hall–Kier alpha value is -0.970. The molecule has 2 aromatic rings. The summed E-state index contributed by atoms with van der Waals surface area (Å²) in [5.41, 5.74) is 1.04. The molecule has 114 valence electrons. The van der Waals surface area contributed by atoms with Gasteiger partial charge in [-0.2, -0.15) is 0 Å². The summed E-state index contributed by atoms with van der Waals surface area (Å²) in [6.45, 7) is 6.26. The van der Waals surface area contributed by atoms with E-state index in [0.717, 1.165) is 41.1 Å². The van der Waals surface area contributed by atoms with E-state index in [4.69, 9.17) is 20.8 Å². The van der Waals surface area contributed by atoms with Gasteiger partial charge in [0.1, 0.15) is 23.9 Å². The third-order valence-electron chi connectivity index (χ3n) is 3.07. The lowest BCUT2D eigenvalue weighted by Crippen LogP contribution is -2.13. The van der Waals surface area contributed by atoms with Gasteiger partial charge in [-0.05, 0) is 44.2 Å². The summed E-state index contributed by atoms with van der Waals surface area (Å²) in [6.07, 6.45) is 1.11. The molecule has 0 aliphatic rings.